The van der Waals surface area contributed by atoms with E-state index in [2.05, 4.69) is 10.4 Å². The monoisotopic (exact) mass is 401 g/mol. The molecule has 2 aromatic carbocycles. The molecular weight excluding hydrogens is 385 g/mol. The summed E-state index contributed by atoms with van der Waals surface area (Å²) in [7, 11) is 1.41. The first kappa shape index (κ1) is 19.6. The molecule has 1 aromatic heterocycles. The molecule has 0 saturated heterocycles. The Morgan fingerprint density at radius 2 is 2.04 bits per heavy atom. The first-order valence-corrected chi connectivity index (χ1v) is 8.77. The molecule has 0 aliphatic rings. The maximum atomic E-state index is 13.4. The van der Waals surface area contributed by atoms with Gasteiger partial charge >= 0.3 is 0 Å². The molecule has 3 rings (SSSR count). The van der Waals surface area contributed by atoms with Crippen LogP contribution in [-0.2, 0) is 17.9 Å². The molecular formula is C20H17ClFN3O3. The van der Waals surface area contributed by atoms with E-state index in [0.717, 1.165) is 10.2 Å². The molecule has 28 heavy (non-hydrogen) atoms. The van der Waals surface area contributed by atoms with Gasteiger partial charge < -0.3 is 10.1 Å². The van der Waals surface area contributed by atoms with E-state index in [0.29, 0.717) is 16.3 Å². The fourth-order valence-corrected chi connectivity index (χ4v) is 2.83. The smallest absolute Gasteiger partial charge is 0.267 e. The third-order valence-electron chi connectivity index (χ3n) is 3.98. The van der Waals surface area contributed by atoms with Crippen molar-refractivity contribution in [1.82, 2.24) is 15.1 Å². The molecule has 0 spiro atoms. The van der Waals surface area contributed by atoms with Crippen molar-refractivity contribution in [3.63, 3.8) is 0 Å². The number of hydrogen-bond acceptors (Lipinski definition) is 4. The van der Waals surface area contributed by atoms with Crippen LogP contribution in [0.15, 0.2) is 59.4 Å². The van der Waals surface area contributed by atoms with Crippen LogP contribution in [0.25, 0.3) is 11.3 Å². The zero-order chi connectivity index (χ0) is 20.1. The molecule has 0 fully saturated rings. The fourth-order valence-electron chi connectivity index (χ4n) is 2.62. The number of ether oxygens (including phenoxy) is 1. The van der Waals surface area contributed by atoms with E-state index in [4.69, 9.17) is 16.3 Å². The van der Waals surface area contributed by atoms with Crippen LogP contribution < -0.4 is 15.6 Å². The van der Waals surface area contributed by atoms with Crippen molar-refractivity contribution in [2.75, 3.05) is 7.11 Å². The lowest BCUT2D eigenvalue weighted by Crippen LogP contribution is -2.33. The lowest BCUT2D eigenvalue weighted by atomic mass is 10.1. The van der Waals surface area contributed by atoms with Crippen molar-refractivity contribution in [2.45, 2.75) is 13.1 Å². The Hall–Kier alpha value is -3.19. The number of carbonyl (C=O) groups excluding carboxylic acids is 1. The van der Waals surface area contributed by atoms with Crippen molar-refractivity contribution < 1.29 is 13.9 Å². The SMILES string of the molecule is COc1cc(F)ccc1-c1ccc(=O)n(CC(=O)NCc2cccc(Cl)c2)n1. The van der Waals surface area contributed by atoms with Gasteiger partial charge in [0.15, 0.2) is 0 Å². The summed E-state index contributed by atoms with van der Waals surface area (Å²) >= 11 is 5.92. The number of nitrogens with one attached hydrogen (secondary N) is 1. The van der Waals surface area contributed by atoms with E-state index >= 15 is 0 Å². The third-order valence-corrected chi connectivity index (χ3v) is 4.21. The summed E-state index contributed by atoms with van der Waals surface area (Å²) in [6.07, 6.45) is 0. The predicted molar refractivity (Wildman–Crippen MR) is 104 cm³/mol. The number of aromatic nitrogens is 2. The average Bonchev–Trinajstić information content (AvgIpc) is 2.68. The minimum absolute atomic E-state index is 0.253. The quantitative estimate of drug-likeness (QED) is 0.689. The molecule has 0 aliphatic carbocycles. The Morgan fingerprint density at radius 1 is 1.21 bits per heavy atom. The van der Waals surface area contributed by atoms with Gasteiger partial charge in [-0.3, -0.25) is 9.59 Å². The number of carbonyl (C=O) groups is 1. The third kappa shape index (κ3) is 4.75. The molecule has 0 unspecified atom stereocenters. The Labute approximate surface area is 165 Å². The molecule has 1 amide bonds. The Morgan fingerprint density at radius 3 is 2.79 bits per heavy atom. The Balaban J connectivity index is 1.76. The molecule has 0 aliphatic heterocycles. The van der Waals surface area contributed by atoms with E-state index < -0.39 is 11.4 Å². The number of nitrogens with zero attached hydrogens (tertiary/aromatic N) is 2. The molecule has 6 nitrogen and oxygen atoms in total. The van der Waals surface area contributed by atoms with Crippen LogP contribution in [0.2, 0.25) is 5.02 Å². The van der Waals surface area contributed by atoms with Gasteiger partial charge in [0.05, 0.1) is 12.8 Å². The zero-order valence-electron chi connectivity index (χ0n) is 15.0. The molecule has 0 saturated carbocycles. The molecule has 3 aromatic rings. The van der Waals surface area contributed by atoms with Gasteiger partial charge in [0.2, 0.25) is 5.91 Å². The summed E-state index contributed by atoms with van der Waals surface area (Å²) in [4.78, 5) is 24.3. The maximum absolute atomic E-state index is 13.4. The van der Waals surface area contributed by atoms with Crippen LogP contribution in [0.1, 0.15) is 5.56 Å². The average molecular weight is 402 g/mol. The van der Waals surface area contributed by atoms with Crippen LogP contribution in [0, 0.1) is 5.82 Å². The van der Waals surface area contributed by atoms with Crippen molar-refractivity contribution in [3.05, 3.63) is 81.4 Å². The van der Waals surface area contributed by atoms with Gasteiger partial charge in [0.1, 0.15) is 18.1 Å². The predicted octanol–water partition coefficient (Wildman–Crippen LogP) is 3.03. The van der Waals surface area contributed by atoms with Crippen molar-refractivity contribution in [2.24, 2.45) is 0 Å². The van der Waals surface area contributed by atoms with Gasteiger partial charge in [0.25, 0.3) is 5.56 Å². The number of halogens is 2. The van der Waals surface area contributed by atoms with E-state index in [-0.39, 0.29) is 24.7 Å². The van der Waals surface area contributed by atoms with Gasteiger partial charge in [-0.05, 0) is 35.9 Å². The van der Waals surface area contributed by atoms with Gasteiger partial charge in [0, 0.05) is 29.3 Å². The number of hydrogen-bond donors (Lipinski definition) is 1. The highest BCUT2D eigenvalue weighted by atomic mass is 35.5. The highest BCUT2D eigenvalue weighted by molar-refractivity contribution is 6.30. The molecule has 1 N–H and O–H groups in total. The maximum Gasteiger partial charge on any atom is 0.267 e. The lowest BCUT2D eigenvalue weighted by Gasteiger charge is -2.11. The highest BCUT2D eigenvalue weighted by Gasteiger charge is 2.12. The van der Waals surface area contributed by atoms with Crippen LogP contribution in [-0.4, -0.2) is 22.8 Å². The van der Waals surface area contributed by atoms with Crippen LogP contribution in [0.4, 0.5) is 4.39 Å². The van der Waals surface area contributed by atoms with Crippen molar-refractivity contribution in [3.8, 4) is 17.0 Å². The van der Waals surface area contributed by atoms with E-state index in [9.17, 15) is 14.0 Å². The van der Waals surface area contributed by atoms with E-state index in [1.54, 1.807) is 18.2 Å². The van der Waals surface area contributed by atoms with E-state index in [1.165, 1.54) is 37.4 Å². The number of benzene rings is 2. The summed E-state index contributed by atoms with van der Waals surface area (Å²) in [6, 6.07) is 13.9. The molecule has 144 valence electrons. The number of rotatable bonds is 6. The van der Waals surface area contributed by atoms with Crippen molar-refractivity contribution in [1.29, 1.82) is 0 Å². The normalized spacial score (nSPS) is 10.5. The standard InChI is InChI=1S/C20H17ClFN3O3/c1-28-18-10-15(22)5-6-16(18)17-7-8-20(27)25(24-17)12-19(26)23-11-13-3-2-4-14(21)9-13/h2-10H,11-12H2,1H3,(H,23,26). The minimum atomic E-state index is -0.450. The lowest BCUT2D eigenvalue weighted by molar-refractivity contribution is -0.122. The van der Waals surface area contributed by atoms with Gasteiger partial charge in [-0.25, -0.2) is 9.07 Å². The van der Waals surface area contributed by atoms with Crippen LogP contribution >= 0.6 is 11.6 Å². The first-order chi connectivity index (χ1) is 13.5. The largest absolute Gasteiger partial charge is 0.496 e. The number of amides is 1. The molecule has 1 heterocycles. The van der Waals surface area contributed by atoms with Crippen LogP contribution in [0.5, 0.6) is 5.75 Å². The summed E-state index contributed by atoms with van der Waals surface area (Å²) in [6.45, 7) is 0.0242. The molecule has 0 bridgehead atoms. The highest BCUT2D eigenvalue weighted by Crippen LogP contribution is 2.28. The van der Waals surface area contributed by atoms with Crippen molar-refractivity contribution >= 4 is 17.5 Å². The van der Waals surface area contributed by atoms with Gasteiger partial charge in [-0.15, -0.1) is 0 Å². The second kappa shape index (κ2) is 8.67. The van der Waals surface area contributed by atoms with E-state index in [1.807, 2.05) is 6.07 Å². The molecule has 8 heteroatoms. The van der Waals surface area contributed by atoms with Crippen LogP contribution in [0.3, 0.4) is 0 Å². The second-order valence-electron chi connectivity index (χ2n) is 5.97. The summed E-state index contributed by atoms with van der Waals surface area (Å²) in [5.74, 6) is -0.546. The summed E-state index contributed by atoms with van der Waals surface area (Å²) < 4.78 is 19.6. The van der Waals surface area contributed by atoms with Gasteiger partial charge in [-0.2, -0.15) is 5.10 Å². The van der Waals surface area contributed by atoms with Gasteiger partial charge in [-0.1, -0.05) is 23.7 Å². The summed E-state index contributed by atoms with van der Waals surface area (Å²) in [5, 5.41) is 7.50. The number of methoxy groups -OCH3 is 1. The summed E-state index contributed by atoms with van der Waals surface area (Å²) in [5.41, 5.74) is 1.31. The Bertz CT molecular complexity index is 1070. The fraction of sp³-hybridized carbons (Fsp3) is 0.150. The minimum Gasteiger partial charge on any atom is -0.496 e. The molecule has 0 atom stereocenters. The first-order valence-electron chi connectivity index (χ1n) is 8.39. The zero-order valence-corrected chi connectivity index (χ0v) is 15.7. The topological polar surface area (TPSA) is 73.2 Å². The second-order valence-corrected chi connectivity index (χ2v) is 6.40. The Kier molecular flexibility index (Phi) is 6.06. The molecule has 0 radical (unpaired) electrons.